The summed E-state index contributed by atoms with van der Waals surface area (Å²) in [5.41, 5.74) is 3.89. The van der Waals surface area contributed by atoms with Gasteiger partial charge in [0.1, 0.15) is 0 Å². The molecule has 1 aliphatic rings. The van der Waals surface area contributed by atoms with Crippen molar-refractivity contribution in [2.45, 2.75) is 18.6 Å². The molecule has 3 nitrogen and oxygen atoms in total. The zero-order valence-corrected chi connectivity index (χ0v) is 16.9. The monoisotopic (exact) mass is 419 g/mol. The molecular weight excluding hydrogens is 399 g/mol. The summed E-state index contributed by atoms with van der Waals surface area (Å²) in [5, 5.41) is 9.60. The van der Waals surface area contributed by atoms with E-state index in [1.165, 1.54) is 28.0 Å². The molecule has 0 radical (unpaired) electrons. The molecule has 1 aromatic heterocycles. The lowest BCUT2D eigenvalue weighted by Gasteiger charge is -2.33. The van der Waals surface area contributed by atoms with Crippen LogP contribution in [0.4, 0.5) is 13.2 Å². The Morgan fingerprint density at radius 2 is 1.68 bits per heavy atom. The fourth-order valence-corrected chi connectivity index (χ4v) is 4.35. The SMILES string of the molecule is CN1Cc2cc(-c3ccc(C(F)(F)F)nn3)ccc2C(c2ccc3ccccc3c2)C1. The highest BCUT2D eigenvalue weighted by molar-refractivity contribution is 5.83. The highest BCUT2D eigenvalue weighted by Crippen LogP contribution is 2.36. The maximum absolute atomic E-state index is 12.8. The van der Waals surface area contributed by atoms with Gasteiger partial charge in [0.25, 0.3) is 0 Å². The molecule has 0 spiro atoms. The van der Waals surface area contributed by atoms with Crippen molar-refractivity contribution in [2.24, 2.45) is 0 Å². The van der Waals surface area contributed by atoms with E-state index in [2.05, 4.69) is 58.5 Å². The molecular formula is C25H20F3N3. The Balaban J connectivity index is 1.52. The van der Waals surface area contributed by atoms with Crippen molar-refractivity contribution in [3.63, 3.8) is 0 Å². The van der Waals surface area contributed by atoms with Crippen LogP contribution in [0.25, 0.3) is 22.0 Å². The van der Waals surface area contributed by atoms with Gasteiger partial charge in [0.15, 0.2) is 5.69 Å². The average molecular weight is 419 g/mol. The zero-order chi connectivity index (χ0) is 21.6. The number of halogens is 3. The highest BCUT2D eigenvalue weighted by Gasteiger charge is 2.33. The van der Waals surface area contributed by atoms with Crippen LogP contribution in [0.15, 0.2) is 72.8 Å². The molecule has 1 unspecified atom stereocenters. The van der Waals surface area contributed by atoms with Gasteiger partial charge in [-0.15, -0.1) is 10.2 Å². The van der Waals surface area contributed by atoms with Gasteiger partial charge in [-0.2, -0.15) is 13.2 Å². The van der Waals surface area contributed by atoms with E-state index in [-0.39, 0.29) is 5.92 Å². The molecule has 0 fully saturated rings. The summed E-state index contributed by atoms with van der Waals surface area (Å²) in [4.78, 5) is 2.27. The van der Waals surface area contributed by atoms with Gasteiger partial charge in [0.2, 0.25) is 0 Å². The van der Waals surface area contributed by atoms with Gasteiger partial charge in [-0.3, -0.25) is 0 Å². The maximum atomic E-state index is 12.8. The lowest BCUT2D eigenvalue weighted by atomic mass is 9.83. The number of rotatable bonds is 2. The third-order valence-electron chi connectivity index (χ3n) is 5.88. The Morgan fingerprint density at radius 3 is 2.42 bits per heavy atom. The lowest BCUT2D eigenvalue weighted by molar-refractivity contribution is -0.141. The number of nitrogens with zero attached hydrogens (tertiary/aromatic N) is 3. The van der Waals surface area contributed by atoms with Crippen LogP contribution < -0.4 is 0 Å². The van der Waals surface area contributed by atoms with E-state index >= 15 is 0 Å². The van der Waals surface area contributed by atoms with Gasteiger partial charge in [0.05, 0.1) is 5.69 Å². The Bertz CT molecular complexity index is 1250. The second kappa shape index (κ2) is 7.46. The smallest absolute Gasteiger partial charge is 0.301 e. The molecule has 5 rings (SSSR count). The number of likely N-dealkylation sites (N-methyl/N-ethyl adjacent to an activating group) is 1. The molecule has 4 aromatic rings. The van der Waals surface area contributed by atoms with E-state index in [1.54, 1.807) is 0 Å². The first-order valence-corrected chi connectivity index (χ1v) is 10.1. The van der Waals surface area contributed by atoms with Crippen LogP contribution in [0.2, 0.25) is 0 Å². The Morgan fingerprint density at radius 1 is 0.871 bits per heavy atom. The quantitative estimate of drug-likeness (QED) is 0.406. The predicted octanol–water partition coefficient (Wildman–Crippen LogP) is 5.89. The highest BCUT2D eigenvalue weighted by atomic mass is 19.4. The van der Waals surface area contributed by atoms with Crippen molar-refractivity contribution in [3.8, 4) is 11.3 Å². The standard InChI is InChI=1S/C25H20F3N3/c1-31-14-20-13-19(23-10-11-24(30-29-23)25(26,27)28)8-9-21(20)22(15-31)18-7-6-16-4-2-3-5-17(16)12-18/h2-13,22H,14-15H2,1H3. The minimum Gasteiger partial charge on any atom is -0.301 e. The average Bonchev–Trinajstić information content (AvgIpc) is 2.77. The Hall–Kier alpha value is -3.25. The molecule has 1 atom stereocenters. The van der Waals surface area contributed by atoms with Gasteiger partial charge in [-0.25, -0.2) is 0 Å². The zero-order valence-electron chi connectivity index (χ0n) is 16.9. The van der Waals surface area contributed by atoms with Gasteiger partial charge < -0.3 is 4.90 Å². The number of hydrogen-bond donors (Lipinski definition) is 0. The molecule has 0 amide bonds. The molecule has 0 bridgehead atoms. The van der Waals surface area contributed by atoms with Crippen LogP contribution >= 0.6 is 0 Å². The van der Waals surface area contributed by atoms with E-state index in [4.69, 9.17) is 0 Å². The summed E-state index contributed by atoms with van der Waals surface area (Å²) < 4.78 is 38.4. The molecule has 0 N–H and O–H groups in total. The number of fused-ring (bicyclic) bond motifs is 2. The van der Waals surface area contributed by atoms with E-state index in [0.717, 1.165) is 30.3 Å². The van der Waals surface area contributed by atoms with Crippen molar-refractivity contribution in [1.29, 1.82) is 0 Å². The molecule has 1 aliphatic heterocycles. The molecule has 156 valence electrons. The summed E-state index contributed by atoms with van der Waals surface area (Å²) >= 11 is 0. The fourth-order valence-electron chi connectivity index (χ4n) is 4.35. The topological polar surface area (TPSA) is 29.0 Å². The first-order chi connectivity index (χ1) is 14.9. The third-order valence-corrected chi connectivity index (χ3v) is 5.88. The van der Waals surface area contributed by atoms with Crippen LogP contribution in [0, 0.1) is 0 Å². The van der Waals surface area contributed by atoms with Gasteiger partial charge in [-0.05, 0) is 52.7 Å². The summed E-state index contributed by atoms with van der Waals surface area (Å²) in [7, 11) is 2.08. The summed E-state index contributed by atoms with van der Waals surface area (Å²) in [6.07, 6.45) is -4.49. The number of benzene rings is 3. The van der Waals surface area contributed by atoms with Crippen LogP contribution in [0.5, 0.6) is 0 Å². The number of alkyl halides is 3. The van der Waals surface area contributed by atoms with Crippen molar-refractivity contribution in [2.75, 3.05) is 13.6 Å². The predicted molar refractivity (Wildman–Crippen MR) is 115 cm³/mol. The molecule has 31 heavy (non-hydrogen) atoms. The van der Waals surface area contributed by atoms with Gasteiger partial charge in [-0.1, -0.05) is 54.6 Å². The second-order valence-electron chi connectivity index (χ2n) is 8.07. The molecule has 2 heterocycles. The van der Waals surface area contributed by atoms with Crippen molar-refractivity contribution in [1.82, 2.24) is 15.1 Å². The van der Waals surface area contributed by atoms with Crippen molar-refractivity contribution in [3.05, 3.63) is 95.2 Å². The molecule has 0 aliphatic carbocycles. The molecule has 6 heteroatoms. The first kappa shape index (κ1) is 19.7. The van der Waals surface area contributed by atoms with Crippen LogP contribution in [0.3, 0.4) is 0 Å². The normalized spacial score (nSPS) is 17.0. The number of aromatic nitrogens is 2. The van der Waals surface area contributed by atoms with Gasteiger partial charge in [0, 0.05) is 24.6 Å². The maximum Gasteiger partial charge on any atom is 0.435 e. The summed E-state index contributed by atoms with van der Waals surface area (Å²) in [6, 6.07) is 23.3. The minimum absolute atomic E-state index is 0.228. The molecule has 0 saturated carbocycles. The summed E-state index contributed by atoms with van der Waals surface area (Å²) in [5.74, 6) is 0.228. The fraction of sp³-hybridized carbons (Fsp3) is 0.200. The van der Waals surface area contributed by atoms with E-state index in [1.807, 2.05) is 24.3 Å². The lowest BCUT2D eigenvalue weighted by Crippen LogP contribution is -2.31. The first-order valence-electron chi connectivity index (χ1n) is 10.1. The van der Waals surface area contributed by atoms with Crippen LogP contribution in [0.1, 0.15) is 28.3 Å². The van der Waals surface area contributed by atoms with Crippen LogP contribution in [-0.2, 0) is 12.7 Å². The Kier molecular flexibility index (Phi) is 4.74. The molecule has 0 saturated heterocycles. The molecule has 3 aromatic carbocycles. The van der Waals surface area contributed by atoms with E-state index in [0.29, 0.717) is 5.69 Å². The second-order valence-corrected chi connectivity index (χ2v) is 8.07. The number of hydrogen-bond acceptors (Lipinski definition) is 3. The largest absolute Gasteiger partial charge is 0.435 e. The van der Waals surface area contributed by atoms with Crippen molar-refractivity contribution < 1.29 is 13.2 Å². The van der Waals surface area contributed by atoms with Gasteiger partial charge >= 0.3 is 6.18 Å². The Labute approximate surface area is 178 Å². The summed E-state index contributed by atoms with van der Waals surface area (Å²) in [6.45, 7) is 1.69. The van der Waals surface area contributed by atoms with E-state index in [9.17, 15) is 13.2 Å². The van der Waals surface area contributed by atoms with Crippen molar-refractivity contribution >= 4 is 10.8 Å². The minimum atomic E-state index is -4.49. The third kappa shape index (κ3) is 3.79. The van der Waals surface area contributed by atoms with E-state index < -0.39 is 11.9 Å². The van der Waals surface area contributed by atoms with Crippen LogP contribution in [-0.4, -0.2) is 28.7 Å².